The number of nitrogens with one attached hydrogen (secondary N) is 2. The van der Waals surface area contributed by atoms with E-state index in [9.17, 15) is 9.59 Å². The summed E-state index contributed by atoms with van der Waals surface area (Å²) in [6.07, 6.45) is 1.22. The minimum atomic E-state index is -0.460. The maximum absolute atomic E-state index is 11.2. The number of hydrogen-bond acceptors (Lipinski definition) is 3. The monoisotopic (exact) mass is 263 g/mol. The number of urea groups is 1. The van der Waals surface area contributed by atoms with Crippen LogP contribution in [-0.2, 0) is 4.79 Å². The maximum Gasteiger partial charge on any atom is 0.321 e. The second-order valence-electron chi connectivity index (χ2n) is 3.98. The minimum absolute atomic E-state index is 0.155. The van der Waals surface area contributed by atoms with E-state index in [1.54, 1.807) is 0 Å². The molecule has 0 heterocycles. The lowest BCUT2D eigenvalue weighted by molar-refractivity contribution is -0.119. The summed E-state index contributed by atoms with van der Waals surface area (Å²) in [6, 6.07) is 0.0235. The molecule has 0 saturated heterocycles. The van der Waals surface area contributed by atoms with Crippen LogP contribution in [0.15, 0.2) is 0 Å². The highest BCUT2D eigenvalue weighted by Gasteiger charge is 2.08. The zero-order valence-corrected chi connectivity index (χ0v) is 11.5. The molecule has 0 saturated carbocycles. The minimum Gasteiger partial charge on any atom is -0.337 e. The molecular weight excluding hydrogens is 242 g/mol. The van der Waals surface area contributed by atoms with Crippen molar-refractivity contribution in [1.29, 1.82) is 0 Å². The Hall–Kier alpha value is -0.810. The van der Waals surface area contributed by atoms with E-state index in [-0.39, 0.29) is 18.2 Å². The van der Waals surface area contributed by atoms with E-state index in [0.29, 0.717) is 12.6 Å². The quantitative estimate of drug-likeness (QED) is 0.678. The van der Waals surface area contributed by atoms with Crippen LogP contribution in [0.25, 0.3) is 0 Å². The number of hydrogen-bond donors (Lipinski definition) is 2. The van der Waals surface area contributed by atoms with Gasteiger partial charge in [-0.15, -0.1) is 11.6 Å². The number of halogens is 1. The van der Waals surface area contributed by atoms with Crippen molar-refractivity contribution in [2.75, 3.05) is 26.0 Å². The Morgan fingerprint density at radius 1 is 1.41 bits per heavy atom. The predicted octanol–water partition coefficient (Wildman–Crippen LogP) is 1.17. The number of imide groups is 1. The zero-order chi connectivity index (χ0) is 13.3. The normalized spacial score (nSPS) is 12.3. The van der Waals surface area contributed by atoms with Crippen molar-refractivity contribution >= 4 is 23.5 Å². The first kappa shape index (κ1) is 16.2. The molecular formula is C11H22ClN3O2. The largest absolute Gasteiger partial charge is 0.337 e. The highest BCUT2D eigenvalue weighted by atomic mass is 35.5. The van der Waals surface area contributed by atoms with Crippen LogP contribution in [0.5, 0.6) is 0 Å². The molecule has 17 heavy (non-hydrogen) atoms. The number of carbonyl (C=O) groups is 2. The van der Waals surface area contributed by atoms with Crippen LogP contribution in [0.2, 0.25) is 0 Å². The van der Waals surface area contributed by atoms with Crippen LogP contribution < -0.4 is 10.6 Å². The van der Waals surface area contributed by atoms with E-state index in [4.69, 9.17) is 11.6 Å². The number of rotatable bonds is 7. The molecule has 0 bridgehead atoms. The Kier molecular flexibility index (Phi) is 8.80. The van der Waals surface area contributed by atoms with Crippen molar-refractivity contribution < 1.29 is 9.59 Å². The van der Waals surface area contributed by atoms with Crippen LogP contribution in [0.4, 0.5) is 4.79 Å². The second kappa shape index (κ2) is 9.24. The van der Waals surface area contributed by atoms with Gasteiger partial charge in [0.15, 0.2) is 0 Å². The molecule has 0 spiro atoms. The molecule has 0 aromatic carbocycles. The summed E-state index contributed by atoms with van der Waals surface area (Å²) in [6.45, 7) is 5.52. The van der Waals surface area contributed by atoms with E-state index < -0.39 is 6.03 Å². The van der Waals surface area contributed by atoms with Gasteiger partial charge in [-0.3, -0.25) is 10.1 Å². The van der Waals surface area contributed by atoms with Crippen molar-refractivity contribution in [3.05, 3.63) is 0 Å². The lowest BCUT2D eigenvalue weighted by atomic mass is 10.2. The fraction of sp³-hybridized carbons (Fsp3) is 0.818. The van der Waals surface area contributed by atoms with Gasteiger partial charge in [0.05, 0.1) is 0 Å². The Morgan fingerprint density at radius 2 is 2.06 bits per heavy atom. The van der Waals surface area contributed by atoms with Gasteiger partial charge in [0.2, 0.25) is 5.91 Å². The molecule has 5 nitrogen and oxygen atoms in total. The average Bonchev–Trinajstić information content (AvgIpc) is 2.27. The zero-order valence-electron chi connectivity index (χ0n) is 10.8. The Morgan fingerprint density at radius 3 is 2.59 bits per heavy atom. The van der Waals surface area contributed by atoms with Gasteiger partial charge >= 0.3 is 6.03 Å². The molecule has 0 aromatic rings. The maximum atomic E-state index is 11.2. The molecule has 100 valence electrons. The third kappa shape index (κ3) is 7.99. The SMILES string of the molecule is CCC(C)N(C)CCNC(=O)NC(=O)CCCl. The first-order chi connectivity index (χ1) is 8.01. The number of alkyl halides is 1. The highest BCUT2D eigenvalue weighted by molar-refractivity contribution is 6.19. The summed E-state index contributed by atoms with van der Waals surface area (Å²) < 4.78 is 0. The smallest absolute Gasteiger partial charge is 0.321 e. The third-order valence-electron chi connectivity index (χ3n) is 2.67. The molecule has 0 fully saturated rings. The van der Waals surface area contributed by atoms with Crippen LogP contribution in [0.1, 0.15) is 26.7 Å². The summed E-state index contributed by atoms with van der Waals surface area (Å²) in [7, 11) is 2.01. The predicted molar refractivity (Wildman–Crippen MR) is 69.3 cm³/mol. The summed E-state index contributed by atoms with van der Waals surface area (Å²) in [5.74, 6) is -0.136. The molecule has 3 amide bonds. The van der Waals surface area contributed by atoms with Crippen molar-refractivity contribution in [1.82, 2.24) is 15.5 Å². The molecule has 0 radical (unpaired) electrons. The third-order valence-corrected chi connectivity index (χ3v) is 2.86. The highest BCUT2D eigenvalue weighted by Crippen LogP contribution is 1.97. The lowest BCUT2D eigenvalue weighted by Gasteiger charge is -2.23. The van der Waals surface area contributed by atoms with Crippen molar-refractivity contribution in [2.45, 2.75) is 32.7 Å². The molecule has 0 aliphatic rings. The fourth-order valence-electron chi connectivity index (χ4n) is 1.20. The fourth-order valence-corrected chi connectivity index (χ4v) is 1.37. The average molecular weight is 264 g/mol. The van der Waals surface area contributed by atoms with E-state index >= 15 is 0 Å². The summed E-state index contributed by atoms with van der Waals surface area (Å²) in [5, 5.41) is 4.83. The number of likely N-dealkylation sites (N-methyl/N-ethyl adjacent to an activating group) is 1. The summed E-state index contributed by atoms with van der Waals surface area (Å²) in [5.41, 5.74) is 0. The Labute approximate surface area is 108 Å². The summed E-state index contributed by atoms with van der Waals surface area (Å²) >= 11 is 5.38. The first-order valence-corrected chi connectivity index (χ1v) is 6.38. The van der Waals surface area contributed by atoms with Crippen molar-refractivity contribution in [3.63, 3.8) is 0 Å². The van der Waals surface area contributed by atoms with E-state index in [2.05, 4.69) is 29.4 Å². The van der Waals surface area contributed by atoms with E-state index in [0.717, 1.165) is 13.0 Å². The first-order valence-electron chi connectivity index (χ1n) is 5.85. The number of amides is 3. The lowest BCUT2D eigenvalue weighted by Crippen LogP contribution is -2.43. The molecule has 2 N–H and O–H groups in total. The van der Waals surface area contributed by atoms with Gasteiger partial charge in [0, 0.05) is 31.4 Å². The molecule has 0 aromatic heterocycles. The van der Waals surface area contributed by atoms with Crippen LogP contribution in [-0.4, -0.2) is 48.9 Å². The van der Waals surface area contributed by atoms with Crippen molar-refractivity contribution in [2.24, 2.45) is 0 Å². The van der Waals surface area contributed by atoms with Crippen molar-refractivity contribution in [3.8, 4) is 0 Å². The number of nitrogens with zero attached hydrogens (tertiary/aromatic N) is 1. The molecule has 0 rings (SSSR count). The van der Waals surface area contributed by atoms with Gasteiger partial charge < -0.3 is 10.2 Å². The van der Waals surface area contributed by atoms with Gasteiger partial charge in [0.1, 0.15) is 0 Å². The van der Waals surface area contributed by atoms with E-state index in [1.807, 2.05) is 7.05 Å². The van der Waals surface area contributed by atoms with Crippen LogP contribution in [0, 0.1) is 0 Å². The topological polar surface area (TPSA) is 61.4 Å². The molecule has 1 unspecified atom stereocenters. The van der Waals surface area contributed by atoms with Gasteiger partial charge in [-0.25, -0.2) is 4.79 Å². The molecule has 0 aliphatic carbocycles. The van der Waals surface area contributed by atoms with Gasteiger partial charge in [-0.2, -0.15) is 0 Å². The summed E-state index contributed by atoms with van der Waals surface area (Å²) in [4.78, 5) is 24.4. The molecule has 6 heteroatoms. The van der Waals surface area contributed by atoms with Gasteiger partial charge in [-0.05, 0) is 20.4 Å². The molecule has 1 atom stereocenters. The number of carbonyl (C=O) groups excluding carboxylic acids is 2. The van der Waals surface area contributed by atoms with Gasteiger partial charge in [0.25, 0.3) is 0 Å². The Balaban J connectivity index is 3.67. The standard InChI is InChI=1S/C11H22ClN3O2/c1-4-9(2)15(3)8-7-13-11(17)14-10(16)5-6-12/h9H,4-8H2,1-3H3,(H2,13,14,16,17). The van der Waals surface area contributed by atoms with Gasteiger partial charge in [-0.1, -0.05) is 6.92 Å². The van der Waals surface area contributed by atoms with Crippen LogP contribution in [0.3, 0.4) is 0 Å². The second-order valence-corrected chi connectivity index (χ2v) is 4.36. The Bertz CT molecular complexity index is 249. The molecule has 0 aliphatic heterocycles. The van der Waals surface area contributed by atoms with E-state index in [1.165, 1.54) is 0 Å². The van der Waals surface area contributed by atoms with Crippen LogP contribution >= 0.6 is 11.6 Å².